The molecule has 1 saturated carbocycles. The van der Waals surface area contributed by atoms with E-state index in [1.807, 2.05) is 6.07 Å². The van der Waals surface area contributed by atoms with Crippen molar-refractivity contribution in [3.63, 3.8) is 0 Å². The molecule has 0 heterocycles. The summed E-state index contributed by atoms with van der Waals surface area (Å²) in [6.07, 6.45) is 1.85. The Kier molecular flexibility index (Phi) is 5.30. The van der Waals surface area contributed by atoms with Gasteiger partial charge >= 0.3 is 0 Å². The Morgan fingerprint density at radius 1 is 1.19 bits per heavy atom. The minimum Gasteiger partial charge on any atom is -0.497 e. The highest BCUT2D eigenvalue weighted by Crippen LogP contribution is 2.33. The quantitative estimate of drug-likeness (QED) is 0.548. The third-order valence-corrected chi connectivity index (χ3v) is 4.73. The van der Waals surface area contributed by atoms with Crippen LogP contribution in [-0.2, 0) is 6.54 Å². The summed E-state index contributed by atoms with van der Waals surface area (Å²) < 4.78 is 10.7. The van der Waals surface area contributed by atoms with Gasteiger partial charge in [0.15, 0.2) is 0 Å². The standard InChI is InChI=1S/C20H22N2O5/c1-13-4-5-14(11-18(13)22(24)25)20(23)21(16-6-7-16)12-15-10-17(26-2)8-9-19(15)27-3/h4-5,8-11,16H,6-7,12H2,1-3H3. The van der Waals surface area contributed by atoms with Crippen molar-refractivity contribution in [1.82, 2.24) is 4.90 Å². The van der Waals surface area contributed by atoms with Crippen LogP contribution in [0.4, 0.5) is 5.69 Å². The SMILES string of the molecule is COc1ccc(OC)c(CN(C(=O)c2ccc(C)c([N+](=O)[O-])c2)C2CC2)c1. The van der Waals surface area contributed by atoms with Crippen molar-refractivity contribution in [2.75, 3.05) is 14.2 Å². The van der Waals surface area contributed by atoms with E-state index in [0.29, 0.717) is 29.2 Å². The first kappa shape index (κ1) is 18.7. The van der Waals surface area contributed by atoms with Crippen molar-refractivity contribution in [3.05, 3.63) is 63.2 Å². The number of hydrogen-bond acceptors (Lipinski definition) is 5. The summed E-state index contributed by atoms with van der Waals surface area (Å²) in [5.74, 6) is 1.13. The molecule has 7 nitrogen and oxygen atoms in total. The molecule has 0 aromatic heterocycles. The molecule has 3 rings (SSSR count). The molecule has 1 aliphatic rings. The normalized spacial score (nSPS) is 13.1. The Labute approximate surface area is 157 Å². The van der Waals surface area contributed by atoms with Crippen LogP contribution in [0.15, 0.2) is 36.4 Å². The summed E-state index contributed by atoms with van der Waals surface area (Å²) in [5, 5.41) is 11.2. The number of rotatable bonds is 7. The summed E-state index contributed by atoms with van der Waals surface area (Å²) in [7, 11) is 3.17. The molecule has 7 heteroatoms. The third kappa shape index (κ3) is 4.02. The predicted molar refractivity (Wildman–Crippen MR) is 100 cm³/mol. The van der Waals surface area contributed by atoms with E-state index in [9.17, 15) is 14.9 Å². The molecule has 1 fully saturated rings. The highest BCUT2D eigenvalue weighted by atomic mass is 16.6. The van der Waals surface area contributed by atoms with E-state index in [2.05, 4.69) is 0 Å². The lowest BCUT2D eigenvalue weighted by atomic mass is 10.1. The number of carbonyl (C=O) groups is 1. The largest absolute Gasteiger partial charge is 0.497 e. The highest BCUT2D eigenvalue weighted by Gasteiger charge is 2.34. The van der Waals surface area contributed by atoms with Crippen molar-refractivity contribution < 1.29 is 19.2 Å². The molecule has 1 amide bonds. The van der Waals surface area contributed by atoms with Gasteiger partial charge in [0.2, 0.25) is 0 Å². The zero-order valence-corrected chi connectivity index (χ0v) is 15.6. The lowest BCUT2D eigenvalue weighted by Gasteiger charge is -2.24. The number of hydrogen-bond donors (Lipinski definition) is 0. The van der Waals surface area contributed by atoms with Crippen LogP contribution in [0.2, 0.25) is 0 Å². The zero-order chi connectivity index (χ0) is 19.6. The van der Waals surface area contributed by atoms with Gasteiger partial charge in [-0.2, -0.15) is 0 Å². The zero-order valence-electron chi connectivity index (χ0n) is 15.6. The Morgan fingerprint density at radius 2 is 1.93 bits per heavy atom. The fraction of sp³-hybridized carbons (Fsp3) is 0.350. The van der Waals surface area contributed by atoms with Crippen LogP contribution in [-0.4, -0.2) is 36.0 Å². The van der Waals surface area contributed by atoms with Crippen molar-refractivity contribution in [3.8, 4) is 11.5 Å². The maximum atomic E-state index is 13.1. The number of benzene rings is 2. The molecule has 0 unspecified atom stereocenters. The molecular weight excluding hydrogens is 348 g/mol. The summed E-state index contributed by atoms with van der Waals surface area (Å²) in [4.78, 5) is 25.6. The number of aryl methyl sites for hydroxylation is 1. The van der Waals surface area contributed by atoms with E-state index in [1.54, 1.807) is 50.3 Å². The minimum atomic E-state index is -0.460. The number of methoxy groups -OCH3 is 2. The second kappa shape index (κ2) is 7.65. The van der Waals surface area contributed by atoms with Gasteiger partial charge in [-0.15, -0.1) is 0 Å². The fourth-order valence-electron chi connectivity index (χ4n) is 3.05. The van der Waals surface area contributed by atoms with Crippen molar-refractivity contribution in [1.29, 1.82) is 0 Å². The molecule has 2 aromatic carbocycles. The van der Waals surface area contributed by atoms with E-state index >= 15 is 0 Å². The van der Waals surface area contributed by atoms with Crippen molar-refractivity contribution >= 4 is 11.6 Å². The van der Waals surface area contributed by atoms with Crippen molar-refractivity contribution in [2.45, 2.75) is 32.4 Å². The molecule has 0 bridgehead atoms. The van der Waals surface area contributed by atoms with Gasteiger partial charge in [0.05, 0.1) is 25.7 Å². The Bertz CT molecular complexity index is 877. The maximum Gasteiger partial charge on any atom is 0.273 e. The molecule has 0 saturated heterocycles. The number of nitro benzene ring substituents is 1. The molecule has 0 aliphatic heterocycles. The lowest BCUT2D eigenvalue weighted by Crippen LogP contribution is -2.32. The van der Waals surface area contributed by atoms with Gasteiger partial charge < -0.3 is 14.4 Å². The topological polar surface area (TPSA) is 81.9 Å². The lowest BCUT2D eigenvalue weighted by molar-refractivity contribution is -0.385. The molecule has 0 radical (unpaired) electrons. The first-order valence-electron chi connectivity index (χ1n) is 8.71. The van der Waals surface area contributed by atoms with Crippen LogP contribution in [0.25, 0.3) is 0 Å². The monoisotopic (exact) mass is 370 g/mol. The second-order valence-electron chi connectivity index (χ2n) is 6.60. The number of ether oxygens (including phenoxy) is 2. The van der Waals surface area contributed by atoms with Gasteiger partial charge in [0.1, 0.15) is 11.5 Å². The van der Waals surface area contributed by atoms with E-state index in [-0.39, 0.29) is 17.6 Å². The van der Waals surface area contributed by atoms with Gasteiger partial charge in [-0.05, 0) is 44.0 Å². The highest BCUT2D eigenvalue weighted by molar-refractivity contribution is 5.95. The molecule has 0 N–H and O–H groups in total. The summed E-state index contributed by atoms with van der Waals surface area (Å²) in [6, 6.07) is 10.2. The minimum absolute atomic E-state index is 0.0458. The number of nitro groups is 1. The maximum absolute atomic E-state index is 13.1. The molecule has 142 valence electrons. The first-order chi connectivity index (χ1) is 12.9. The predicted octanol–water partition coefficient (Wildman–Crippen LogP) is 3.73. The molecule has 0 spiro atoms. The van der Waals surface area contributed by atoms with E-state index in [0.717, 1.165) is 18.4 Å². The van der Waals surface area contributed by atoms with Crippen LogP contribution < -0.4 is 9.47 Å². The average molecular weight is 370 g/mol. The summed E-state index contributed by atoms with van der Waals surface area (Å²) in [5.41, 5.74) is 1.64. The molecule has 1 aliphatic carbocycles. The average Bonchev–Trinajstić information content (AvgIpc) is 3.50. The van der Waals surface area contributed by atoms with Crippen LogP contribution in [0.3, 0.4) is 0 Å². The van der Waals surface area contributed by atoms with Crippen molar-refractivity contribution in [2.24, 2.45) is 0 Å². The van der Waals surface area contributed by atoms with Gasteiger partial charge in [0, 0.05) is 28.8 Å². The molecule has 0 atom stereocenters. The van der Waals surface area contributed by atoms with Gasteiger partial charge in [-0.3, -0.25) is 14.9 Å². The van der Waals surface area contributed by atoms with Crippen LogP contribution in [0.5, 0.6) is 11.5 Å². The first-order valence-corrected chi connectivity index (χ1v) is 8.71. The third-order valence-electron chi connectivity index (χ3n) is 4.73. The van der Waals surface area contributed by atoms with Gasteiger partial charge in [-0.1, -0.05) is 6.07 Å². The Balaban J connectivity index is 1.92. The smallest absolute Gasteiger partial charge is 0.273 e. The van der Waals surface area contributed by atoms with Crippen LogP contribution >= 0.6 is 0 Å². The Morgan fingerprint density at radius 3 is 2.52 bits per heavy atom. The summed E-state index contributed by atoms with van der Waals surface area (Å²) in [6.45, 7) is 2.01. The Hall–Kier alpha value is -3.09. The van der Waals surface area contributed by atoms with E-state index in [1.165, 1.54) is 6.07 Å². The van der Waals surface area contributed by atoms with E-state index in [4.69, 9.17) is 9.47 Å². The number of amides is 1. The molecule has 27 heavy (non-hydrogen) atoms. The van der Waals surface area contributed by atoms with E-state index < -0.39 is 4.92 Å². The van der Waals surface area contributed by atoms with Crippen LogP contribution in [0, 0.1) is 17.0 Å². The fourth-order valence-corrected chi connectivity index (χ4v) is 3.05. The number of carbonyl (C=O) groups excluding carboxylic acids is 1. The van der Waals surface area contributed by atoms with Gasteiger partial charge in [0.25, 0.3) is 11.6 Å². The second-order valence-corrected chi connectivity index (χ2v) is 6.60. The summed E-state index contributed by atoms with van der Waals surface area (Å²) >= 11 is 0. The van der Waals surface area contributed by atoms with Crippen LogP contribution in [0.1, 0.15) is 34.3 Å². The molecule has 2 aromatic rings. The molecular formula is C20H22N2O5. The number of nitrogens with zero attached hydrogens (tertiary/aromatic N) is 2. The van der Waals surface area contributed by atoms with Gasteiger partial charge in [-0.25, -0.2) is 0 Å².